The summed E-state index contributed by atoms with van der Waals surface area (Å²) in [6.07, 6.45) is 7.37. The standard InChI is InChI=1S/C25H37FN2O2/c1-4-24(2,3)23(29)27-14-12-25(13-15-27)17-22(11-16-30-25)28(21-9-10-21)18-19-5-7-20(26)8-6-19/h5-8,21-22H,4,9-18H2,1-3H3. The van der Waals surface area contributed by atoms with Crippen molar-refractivity contribution in [2.75, 3.05) is 19.7 Å². The van der Waals surface area contributed by atoms with E-state index in [4.69, 9.17) is 4.74 Å². The molecule has 5 heteroatoms. The van der Waals surface area contributed by atoms with Gasteiger partial charge in [0.15, 0.2) is 0 Å². The third-order valence-electron chi connectivity index (χ3n) is 7.65. The van der Waals surface area contributed by atoms with E-state index in [0.29, 0.717) is 12.1 Å². The van der Waals surface area contributed by atoms with Crippen LogP contribution in [0.4, 0.5) is 4.39 Å². The molecule has 3 fully saturated rings. The number of hydrogen-bond donors (Lipinski definition) is 0. The number of likely N-dealkylation sites (tertiary alicyclic amines) is 1. The van der Waals surface area contributed by atoms with E-state index < -0.39 is 0 Å². The highest BCUT2D eigenvalue weighted by Crippen LogP contribution is 2.41. The van der Waals surface area contributed by atoms with Gasteiger partial charge in [0.25, 0.3) is 0 Å². The van der Waals surface area contributed by atoms with Crippen molar-refractivity contribution in [2.45, 2.75) is 89.9 Å². The van der Waals surface area contributed by atoms with Crippen LogP contribution in [0.15, 0.2) is 24.3 Å². The monoisotopic (exact) mass is 416 g/mol. The Morgan fingerprint density at radius 2 is 1.83 bits per heavy atom. The van der Waals surface area contributed by atoms with Gasteiger partial charge in [0, 0.05) is 43.7 Å². The molecule has 1 unspecified atom stereocenters. The molecule has 2 aliphatic heterocycles. The Bertz CT molecular complexity index is 736. The smallest absolute Gasteiger partial charge is 0.228 e. The van der Waals surface area contributed by atoms with Gasteiger partial charge in [-0.1, -0.05) is 32.9 Å². The predicted molar refractivity (Wildman–Crippen MR) is 117 cm³/mol. The van der Waals surface area contributed by atoms with E-state index >= 15 is 0 Å². The van der Waals surface area contributed by atoms with Crippen LogP contribution in [0.2, 0.25) is 0 Å². The lowest BCUT2D eigenvalue weighted by atomic mass is 9.80. The second kappa shape index (κ2) is 8.58. The van der Waals surface area contributed by atoms with E-state index in [2.05, 4.69) is 30.6 Å². The predicted octanol–water partition coefficient (Wildman–Crippen LogP) is 4.77. The van der Waals surface area contributed by atoms with Gasteiger partial charge in [-0.2, -0.15) is 0 Å². The first-order chi connectivity index (χ1) is 14.3. The zero-order valence-electron chi connectivity index (χ0n) is 18.8. The van der Waals surface area contributed by atoms with Gasteiger partial charge in [-0.25, -0.2) is 4.39 Å². The number of hydrogen-bond acceptors (Lipinski definition) is 3. The van der Waals surface area contributed by atoms with Crippen LogP contribution in [0.25, 0.3) is 0 Å². The molecule has 4 rings (SSSR count). The summed E-state index contributed by atoms with van der Waals surface area (Å²) < 4.78 is 19.7. The van der Waals surface area contributed by atoms with E-state index in [1.807, 2.05) is 12.1 Å². The highest BCUT2D eigenvalue weighted by Gasteiger charge is 2.45. The topological polar surface area (TPSA) is 32.8 Å². The number of rotatable bonds is 6. The number of carbonyl (C=O) groups is 1. The molecule has 1 atom stereocenters. The van der Waals surface area contributed by atoms with Crippen LogP contribution in [0.3, 0.4) is 0 Å². The molecule has 1 spiro atoms. The Kier molecular flexibility index (Phi) is 6.23. The first kappa shape index (κ1) is 21.8. The SMILES string of the molecule is CCC(C)(C)C(=O)N1CCC2(CC1)CC(N(Cc1ccc(F)cc1)C1CC1)CCO2. The Morgan fingerprint density at radius 1 is 1.17 bits per heavy atom. The van der Waals surface area contributed by atoms with E-state index in [0.717, 1.165) is 58.3 Å². The number of halogens is 1. The van der Waals surface area contributed by atoms with Gasteiger partial charge < -0.3 is 9.64 Å². The number of piperidine rings is 1. The maximum absolute atomic E-state index is 13.3. The molecule has 1 aromatic carbocycles. The lowest BCUT2D eigenvalue weighted by Crippen LogP contribution is -2.56. The first-order valence-corrected chi connectivity index (χ1v) is 11.8. The fourth-order valence-corrected chi connectivity index (χ4v) is 5.09. The van der Waals surface area contributed by atoms with Crippen molar-refractivity contribution < 1.29 is 13.9 Å². The summed E-state index contributed by atoms with van der Waals surface area (Å²) in [5.41, 5.74) is 0.816. The highest BCUT2D eigenvalue weighted by atomic mass is 19.1. The number of amides is 1. The fourth-order valence-electron chi connectivity index (χ4n) is 5.09. The molecule has 2 heterocycles. The summed E-state index contributed by atoms with van der Waals surface area (Å²) in [4.78, 5) is 17.6. The average molecular weight is 417 g/mol. The minimum Gasteiger partial charge on any atom is -0.375 e. The van der Waals surface area contributed by atoms with Crippen LogP contribution in [0.5, 0.6) is 0 Å². The summed E-state index contributed by atoms with van der Waals surface area (Å²) in [6.45, 7) is 9.48. The van der Waals surface area contributed by atoms with Crippen LogP contribution in [-0.2, 0) is 16.1 Å². The molecule has 3 aliphatic rings. The molecule has 1 saturated carbocycles. The number of benzene rings is 1. The van der Waals surface area contributed by atoms with Crippen LogP contribution in [0.1, 0.15) is 71.3 Å². The molecule has 0 bridgehead atoms. The van der Waals surface area contributed by atoms with E-state index in [1.165, 1.54) is 18.4 Å². The molecular formula is C25H37FN2O2. The van der Waals surface area contributed by atoms with Gasteiger partial charge >= 0.3 is 0 Å². The van der Waals surface area contributed by atoms with Crippen molar-refractivity contribution in [2.24, 2.45) is 5.41 Å². The normalized spacial score (nSPS) is 24.4. The lowest BCUT2D eigenvalue weighted by molar-refractivity contribution is -0.156. The van der Waals surface area contributed by atoms with Crippen molar-refractivity contribution in [3.05, 3.63) is 35.6 Å². The second-order valence-corrected chi connectivity index (χ2v) is 10.2. The molecule has 1 amide bonds. The summed E-state index contributed by atoms with van der Waals surface area (Å²) in [6, 6.07) is 8.12. The summed E-state index contributed by atoms with van der Waals surface area (Å²) in [7, 11) is 0. The largest absolute Gasteiger partial charge is 0.375 e. The Hall–Kier alpha value is -1.46. The summed E-state index contributed by atoms with van der Waals surface area (Å²) in [5, 5.41) is 0. The minimum atomic E-state index is -0.279. The lowest BCUT2D eigenvalue weighted by Gasteiger charge is -2.49. The average Bonchev–Trinajstić information content (AvgIpc) is 3.58. The first-order valence-electron chi connectivity index (χ1n) is 11.8. The number of nitrogens with zero attached hydrogens (tertiary/aromatic N) is 2. The molecule has 0 aromatic heterocycles. The van der Waals surface area contributed by atoms with Crippen LogP contribution >= 0.6 is 0 Å². The minimum absolute atomic E-state index is 0.0913. The summed E-state index contributed by atoms with van der Waals surface area (Å²) in [5.74, 6) is 0.109. The second-order valence-electron chi connectivity index (χ2n) is 10.2. The molecule has 1 aromatic rings. The van der Waals surface area contributed by atoms with Crippen molar-refractivity contribution in [1.29, 1.82) is 0 Å². The molecule has 1 aliphatic carbocycles. The van der Waals surface area contributed by atoms with Crippen LogP contribution in [0, 0.1) is 11.2 Å². The maximum Gasteiger partial charge on any atom is 0.228 e. The van der Waals surface area contributed by atoms with Gasteiger partial charge in [0.2, 0.25) is 5.91 Å². The van der Waals surface area contributed by atoms with Gasteiger partial charge in [0.05, 0.1) is 5.60 Å². The fraction of sp³-hybridized carbons (Fsp3) is 0.720. The van der Waals surface area contributed by atoms with Crippen LogP contribution in [-0.4, -0.2) is 53.1 Å². The van der Waals surface area contributed by atoms with Crippen molar-refractivity contribution in [3.63, 3.8) is 0 Å². The quantitative estimate of drug-likeness (QED) is 0.670. The molecule has 30 heavy (non-hydrogen) atoms. The molecule has 166 valence electrons. The van der Waals surface area contributed by atoms with Gasteiger partial charge in [-0.3, -0.25) is 9.69 Å². The third kappa shape index (κ3) is 4.72. The number of ether oxygens (including phenoxy) is 1. The Balaban J connectivity index is 1.40. The van der Waals surface area contributed by atoms with Crippen molar-refractivity contribution in [1.82, 2.24) is 9.80 Å². The van der Waals surface area contributed by atoms with Crippen LogP contribution < -0.4 is 0 Å². The molecule has 4 nitrogen and oxygen atoms in total. The Labute approximate surface area is 180 Å². The van der Waals surface area contributed by atoms with Crippen molar-refractivity contribution >= 4 is 5.91 Å². The molecular weight excluding hydrogens is 379 g/mol. The Morgan fingerprint density at radius 3 is 2.43 bits per heavy atom. The zero-order chi connectivity index (χ0) is 21.4. The maximum atomic E-state index is 13.3. The van der Waals surface area contributed by atoms with Crippen molar-refractivity contribution in [3.8, 4) is 0 Å². The van der Waals surface area contributed by atoms with E-state index in [1.54, 1.807) is 12.1 Å². The number of carbonyl (C=O) groups excluding carboxylic acids is 1. The summed E-state index contributed by atoms with van der Waals surface area (Å²) >= 11 is 0. The van der Waals surface area contributed by atoms with Gasteiger partial charge in [0.1, 0.15) is 5.82 Å². The molecule has 2 saturated heterocycles. The van der Waals surface area contributed by atoms with E-state index in [-0.39, 0.29) is 22.7 Å². The van der Waals surface area contributed by atoms with Gasteiger partial charge in [-0.05, 0) is 62.6 Å². The van der Waals surface area contributed by atoms with E-state index in [9.17, 15) is 9.18 Å². The third-order valence-corrected chi connectivity index (χ3v) is 7.65. The zero-order valence-corrected chi connectivity index (χ0v) is 18.8. The molecule has 0 N–H and O–H groups in total. The highest BCUT2D eigenvalue weighted by molar-refractivity contribution is 5.82. The molecule has 0 radical (unpaired) electrons. The van der Waals surface area contributed by atoms with Gasteiger partial charge in [-0.15, -0.1) is 0 Å².